The fraction of sp³-hybridized carbons (Fsp3) is 0.0833. The van der Waals surface area contributed by atoms with Crippen molar-refractivity contribution in [3.05, 3.63) is 95.6 Å². The van der Waals surface area contributed by atoms with Crippen LogP contribution in [0.3, 0.4) is 0 Å². The molecule has 0 spiro atoms. The third-order valence-electron chi connectivity index (χ3n) is 5.13. The summed E-state index contributed by atoms with van der Waals surface area (Å²) >= 11 is 0. The van der Waals surface area contributed by atoms with Crippen molar-refractivity contribution >= 4 is 32.3 Å². The van der Waals surface area contributed by atoms with Crippen molar-refractivity contribution in [2.24, 2.45) is 0 Å². The molecule has 0 N–H and O–H groups in total. The summed E-state index contributed by atoms with van der Waals surface area (Å²) in [6, 6.07) is 29.1. The quantitative estimate of drug-likeness (QED) is 0.327. The molecule has 0 saturated heterocycles. The molecule has 0 aliphatic rings. The lowest BCUT2D eigenvalue weighted by Gasteiger charge is -2.14. The highest BCUT2D eigenvalue weighted by Gasteiger charge is 2.10. The summed E-state index contributed by atoms with van der Waals surface area (Å²) in [6.45, 7) is 2.14. The zero-order valence-electron chi connectivity index (χ0n) is 13.7. The number of rotatable bonds is 2. The molecule has 0 aromatic heterocycles. The summed E-state index contributed by atoms with van der Waals surface area (Å²) in [6.07, 6.45) is 0.981. The van der Waals surface area contributed by atoms with Gasteiger partial charge < -0.3 is 0 Å². The number of aryl methyl sites for hydroxylation is 1. The third kappa shape index (κ3) is 2.00. The molecule has 5 rings (SSSR count). The van der Waals surface area contributed by atoms with Gasteiger partial charge in [0.05, 0.1) is 0 Å². The summed E-state index contributed by atoms with van der Waals surface area (Å²) in [7, 11) is 0. The van der Waals surface area contributed by atoms with Gasteiger partial charge in [0.2, 0.25) is 0 Å². The highest BCUT2D eigenvalue weighted by molar-refractivity contribution is 6.23. The first-order valence-electron chi connectivity index (χ1n) is 8.50. The summed E-state index contributed by atoms with van der Waals surface area (Å²) in [5, 5.41) is 8.20. The van der Waals surface area contributed by atoms with Gasteiger partial charge in [0.1, 0.15) is 0 Å². The van der Waals surface area contributed by atoms with Crippen LogP contribution in [0.25, 0.3) is 32.3 Å². The Kier molecular flexibility index (Phi) is 2.87. The Morgan fingerprint density at radius 2 is 1.21 bits per heavy atom. The first-order valence-corrected chi connectivity index (χ1v) is 8.50. The molecule has 0 radical (unpaired) electrons. The zero-order valence-corrected chi connectivity index (χ0v) is 13.7. The number of hydrogen-bond acceptors (Lipinski definition) is 0. The van der Waals surface area contributed by atoms with Crippen molar-refractivity contribution < 1.29 is 0 Å². The predicted octanol–water partition coefficient (Wildman–Crippen LogP) is 6.48. The second-order valence-electron chi connectivity index (χ2n) is 6.74. The molecule has 0 saturated carbocycles. The minimum atomic E-state index is 0.981. The first-order chi connectivity index (χ1) is 11.8. The molecule has 114 valence electrons. The van der Waals surface area contributed by atoms with Crippen LogP contribution < -0.4 is 0 Å². The summed E-state index contributed by atoms with van der Waals surface area (Å²) in [5.74, 6) is 0. The lowest BCUT2D eigenvalue weighted by atomic mass is 9.90. The van der Waals surface area contributed by atoms with E-state index in [1.165, 1.54) is 49.0 Å². The fourth-order valence-electron chi connectivity index (χ4n) is 3.88. The number of hydrogen-bond donors (Lipinski definition) is 0. The van der Waals surface area contributed by atoms with Crippen LogP contribution in [0, 0.1) is 6.92 Å². The molecular formula is C24H18. The second kappa shape index (κ2) is 5.07. The first kappa shape index (κ1) is 13.6. The smallest absolute Gasteiger partial charge is 0.00196 e. The highest BCUT2D eigenvalue weighted by Crippen LogP contribution is 2.36. The van der Waals surface area contributed by atoms with Crippen LogP contribution in [0.4, 0.5) is 0 Å². The van der Waals surface area contributed by atoms with Gasteiger partial charge in [-0.3, -0.25) is 0 Å². The van der Waals surface area contributed by atoms with Gasteiger partial charge >= 0.3 is 0 Å². The van der Waals surface area contributed by atoms with Crippen molar-refractivity contribution in [1.82, 2.24) is 0 Å². The standard InChI is InChI=1S/C24H18/c1-16-5-7-17(8-6-16)15-21-12-11-20-10-9-18-3-2-4-19-13-14-22(21)24(20)23(18)19/h2-14H,15H2,1H3. The van der Waals surface area contributed by atoms with Gasteiger partial charge in [-0.1, -0.05) is 84.4 Å². The Morgan fingerprint density at radius 1 is 0.583 bits per heavy atom. The Morgan fingerprint density at radius 3 is 1.96 bits per heavy atom. The van der Waals surface area contributed by atoms with Crippen molar-refractivity contribution in [3.8, 4) is 0 Å². The molecule has 5 aromatic carbocycles. The normalized spacial score (nSPS) is 11.7. The Balaban J connectivity index is 1.79. The summed E-state index contributed by atoms with van der Waals surface area (Å²) in [5.41, 5.74) is 4.09. The van der Waals surface area contributed by atoms with Gasteiger partial charge in [-0.2, -0.15) is 0 Å². The van der Waals surface area contributed by atoms with Gasteiger partial charge in [0.25, 0.3) is 0 Å². The van der Waals surface area contributed by atoms with Crippen LogP contribution in [0.1, 0.15) is 16.7 Å². The molecular weight excluding hydrogens is 288 g/mol. The van der Waals surface area contributed by atoms with Crippen molar-refractivity contribution in [2.45, 2.75) is 13.3 Å². The van der Waals surface area contributed by atoms with Crippen molar-refractivity contribution in [2.75, 3.05) is 0 Å². The minimum Gasteiger partial charge on any atom is -0.0610 e. The van der Waals surface area contributed by atoms with Crippen LogP contribution >= 0.6 is 0 Å². The van der Waals surface area contributed by atoms with Crippen LogP contribution in [-0.4, -0.2) is 0 Å². The highest BCUT2D eigenvalue weighted by atomic mass is 14.1. The average molecular weight is 306 g/mol. The van der Waals surface area contributed by atoms with E-state index in [0.29, 0.717) is 0 Å². The minimum absolute atomic E-state index is 0.981. The summed E-state index contributed by atoms with van der Waals surface area (Å²) < 4.78 is 0. The molecule has 0 aliphatic carbocycles. The average Bonchev–Trinajstić information content (AvgIpc) is 2.63. The molecule has 0 nitrogen and oxygen atoms in total. The van der Waals surface area contributed by atoms with Gasteiger partial charge in [0, 0.05) is 0 Å². The van der Waals surface area contributed by atoms with E-state index < -0.39 is 0 Å². The van der Waals surface area contributed by atoms with Gasteiger partial charge in [0.15, 0.2) is 0 Å². The Labute approximate surface area is 141 Å². The lowest BCUT2D eigenvalue weighted by Crippen LogP contribution is -1.92. The van der Waals surface area contributed by atoms with Crippen LogP contribution in [0.15, 0.2) is 78.9 Å². The van der Waals surface area contributed by atoms with E-state index in [1.807, 2.05) is 0 Å². The third-order valence-corrected chi connectivity index (χ3v) is 5.13. The topological polar surface area (TPSA) is 0 Å². The second-order valence-corrected chi connectivity index (χ2v) is 6.74. The summed E-state index contributed by atoms with van der Waals surface area (Å²) in [4.78, 5) is 0. The largest absolute Gasteiger partial charge is 0.0610 e. The number of benzene rings is 5. The molecule has 0 fully saturated rings. The van der Waals surface area contributed by atoms with Crippen LogP contribution in [-0.2, 0) is 6.42 Å². The maximum atomic E-state index is 2.30. The molecule has 0 unspecified atom stereocenters. The monoisotopic (exact) mass is 306 g/mol. The molecule has 0 heteroatoms. The molecule has 0 heterocycles. The van der Waals surface area contributed by atoms with E-state index in [-0.39, 0.29) is 0 Å². The van der Waals surface area contributed by atoms with Crippen molar-refractivity contribution in [3.63, 3.8) is 0 Å². The van der Waals surface area contributed by atoms with Gasteiger partial charge in [-0.05, 0) is 56.8 Å². The van der Waals surface area contributed by atoms with E-state index in [4.69, 9.17) is 0 Å². The van der Waals surface area contributed by atoms with E-state index in [2.05, 4.69) is 85.8 Å². The predicted molar refractivity (Wildman–Crippen MR) is 104 cm³/mol. The van der Waals surface area contributed by atoms with E-state index in [0.717, 1.165) is 6.42 Å². The molecule has 0 atom stereocenters. The molecule has 24 heavy (non-hydrogen) atoms. The van der Waals surface area contributed by atoms with Crippen LogP contribution in [0.2, 0.25) is 0 Å². The lowest BCUT2D eigenvalue weighted by molar-refractivity contribution is 1.21. The Hall–Kier alpha value is -2.86. The zero-order chi connectivity index (χ0) is 16.1. The van der Waals surface area contributed by atoms with Gasteiger partial charge in [-0.25, -0.2) is 0 Å². The molecule has 0 amide bonds. The van der Waals surface area contributed by atoms with Gasteiger partial charge in [-0.15, -0.1) is 0 Å². The van der Waals surface area contributed by atoms with E-state index >= 15 is 0 Å². The van der Waals surface area contributed by atoms with E-state index in [9.17, 15) is 0 Å². The SMILES string of the molecule is Cc1ccc(Cc2ccc3ccc4cccc5ccc2c3c45)cc1. The molecule has 5 aromatic rings. The maximum Gasteiger partial charge on any atom is -0.00196 e. The molecule has 0 bridgehead atoms. The fourth-order valence-corrected chi connectivity index (χ4v) is 3.88. The van der Waals surface area contributed by atoms with E-state index in [1.54, 1.807) is 0 Å². The Bertz CT molecular complexity index is 1150. The maximum absolute atomic E-state index is 2.30. The molecule has 0 aliphatic heterocycles. The van der Waals surface area contributed by atoms with Crippen molar-refractivity contribution in [1.29, 1.82) is 0 Å². The van der Waals surface area contributed by atoms with Crippen LogP contribution in [0.5, 0.6) is 0 Å².